The molecule has 0 aliphatic carbocycles. The van der Waals surface area contributed by atoms with E-state index >= 15 is 0 Å². The summed E-state index contributed by atoms with van der Waals surface area (Å²) in [5, 5.41) is 121. The van der Waals surface area contributed by atoms with E-state index in [0.29, 0.717) is 12.8 Å². The summed E-state index contributed by atoms with van der Waals surface area (Å²) in [6.07, 6.45) is 38.2. The van der Waals surface area contributed by atoms with Gasteiger partial charge in [0.1, 0.15) is 73.2 Å². The second-order valence-electron chi connectivity index (χ2n) is 26.0. The summed E-state index contributed by atoms with van der Waals surface area (Å²) in [7, 11) is 0. The van der Waals surface area contributed by atoms with Crippen LogP contribution in [0.2, 0.25) is 0 Å². The Kier molecular flexibility index (Phi) is 49.1. The smallest absolute Gasteiger partial charge is 0.220 e. The number of carbonyl (C=O) groups excluding carboxylic acids is 1. The largest absolute Gasteiger partial charge is 0.394 e. The molecule has 0 aromatic rings. The van der Waals surface area contributed by atoms with Crippen molar-refractivity contribution in [2.24, 2.45) is 0 Å². The molecular weight excluding hydrogens is 1170 g/mol. The van der Waals surface area contributed by atoms with E-state index in [4.69, 9.17) is 28.4 Å². The van der Waals surface area contributed by atoms with E-state index in [1.807, 2.05) is 6.08 Å². The van der Waals surface area contributed by atoms with E-state index in [9.17, 15) is 61.0 Å². The van der Waals surface area contributed by atoms with Gasteiger partial charge in [0.05, 0.1) is 38.6 Å². The minimum absolute atomic E-state index is 0.227. The highest BCUT2D eigenvalue weighted by Gasteiger charge is 2.53. The molecule has 19 heteroatoms. The van der Waals surface area contributed by atoms with E-state index in [0.717, 1.165) is 57.8 Å². The standard InChI is InChI=1S/C72H131NO18/c1-3-5-7-9-11-13-15-17-19-21-22-23-24-25-26-27-28-29-30-31-32-34-35-37-39-41-43-45-47-49-56(77)55(73-60(78)50-48-46-44-42-40-38-36-33-20-18-16-14-12-10-8-6-4-2)54-86-70-66(84)63(81)68(58(52-75)88-70)91-72-67(85)64(82)69(59(53-76)89-72)90-71-65(83)62(80)61(79)57(51-74)87-71/h18,20,32,34,39,41,47,49,55-59,61-72,74-77,79-85H,3-17,19,21-31,33,35-38,40,42-46,48,50-54H2,1-2H3,(H,73,78)/b20-18-,34-32+,41-39+,49-47+. The first-order chi connectivity index (χ1) is 44.3. The number of aliphatic hydroxyl groups is 11. The maximum atomic E-state index is 13.4. The predicted octanol–water partition coefficient (Wildman–Crippen LogP) is 10.2. The first-order valence-corrected chi connectivity index (χ1v) is 36.4. The lowest BCUT2D eigenvalue weighted by molar-refractivity contribution is -0.379. The van der Waals surface area contributed by atoms with Crippen molar-refractivity contribution in [3.8, 4) is 0 Å². The van der Waals surface area contributed by atoms with Crippen LogP contribution in [0, 0.1) is 0 Å². The molecule has 3 fully saturated rings. The van der Waals surface area contributed by atoms with Gasteiger partial charge in [0.25, 0.3) is 0 Å². The molecule has 0 saturated carbocycles. The monoisotopic (exact) mass is 1300 g/mol. The molecular formula is C72H131NO18. The zero-order chi connectivity index (χ0) is 66.1. The Hall–Kier alpha value is -2.25. The van der Waals surface area contributed by atoms with Crippen LogP contribution in [0.15, 0.2) is 48.6 Å². The lowest BCUT2D eigenvalue weighted by Gasteiger charge is -2.48. The van der Waals surface area contributed by atoms with E-state index < -0.39 is 124 Å². The van der Waals surface area contributed by atoms with Gasteiger partial charge in [-0.05, 0) is 70.6 Å². The van der Waals surface area contributed by atoms with Crippen LogP contribution in [0.1, 0.15) is 271 Å². The van der Waals surface area contributed by atoms with Gasteiger partial charge in [-0.2, -0.15) is 0 Å². The fourth-order valence-corrected chi connectivity index (χ4v) is 12.2. The number of aliphatic hydroxyl groups excluding tert-OH is 11. The molecule has 3 rings (SSSR count). The first-order valence-electron chi connectivity index (χ1n) is 36.4. The molecule has 91 heavy (non-hydrogen) atoms. The van der Waals surface area contributed by atoms with Crippen molar-refractivity contribution < 1.29 is 89.4 Å². The number of ether oxygens (including phenoxy) is 6. The van der Waals surface area contributed by atoms with E-state index in [2.05, 4.69) is 55.6 Å². The van der Waals surface area contributed by atoms with Gasteiger partial charge in [-0.15, -0.1) is 0 Å². The Labute approximate surface area is 548 Å². The van der Waals surface area contributed by atoms with Crippen LogP contribution in [-0.2, 0) is 33.2 Å². The number of rotatable bonds is 56. The fraction of sp³-hybridized carbons (Fsp3) is 0.875. The molecule has 0 spiro atoms. The molecule has 3 aliphatic heterocycles. The van der Waals surface area contributed by atoms with Gasteiger partial charge in [-0.3, -0.25) is 4.79 Å². The van der Waals surface area contributed by atoms with Crippen molar-refractivity contribution in [3.63, 3.8) is 0 Å². The van der Waals surface area contributed by atoms with Crippen LogP contribution >= 0.6 is 0 Å². The Morgan fingerprint density at radius 3 is 1.10 bits per heavy atom. The van der Waals surface area contributed by atoms with Crippen LogP contribution in [-0.4, -0.2) is 193 Å². The maximum absolute atomic E-state index is 13.4. The second kappa shape index (κ2) is 53.8. The average Bonchev–Trinajstić information content (AvgIpc) is 0.885. The number of unbranched alkanes of at least 4 members (excludes halogenated alkanes) is 34. The number of amides is 1. The van der Waals surface area contributed by atoms with E-state index in [1.165, 1.54) is 180 Å². The van der Waals surface area contributed by atoms with Gasteiger partial charge in [0.2, 0.25) is 5.91 Å². The van der Waals surface area contributed by atoms with Gasteiger partial charge >= 0.3 is 0 Å². The Balaban J connectivity index is 1.43. The van der Waals surface area contributed by atoms with Crippen LogP contribution in [0.3, 0.4) is 0 Å². The number of nitrogens with one attached hydrogen (secondary N) is 1. The van der Waals surface area contributed by atoms with Gasteiger partial charge < -0.3 is 89.9 Å². The maximum Gasteiger partial charge on any atom is 0.220 e. The second-order valence-corrected chi connectivity index (χ2v) is 26.0. The summed E-state index contributed by atoms with van der Waals surface area (Å²) in [5.74, 6) is -0.293. The van der Waals surface area contributed by atoms with Crippen molar-refractivity contribution in [3.05, 3.63) is 48.6 Å². The van der Waals surface area contributed by atoms with Gasteiger partial charge in [0, 0.05) is 6.42 Å². The number of allylic oxidation sites excluding steroid dienone is 7. The SMILES string of the molecule is CCCCCCCC/C=C\CCCCCCCCCC(=O)NC(COC1OC(CO)C(OC2OC(CO)C(OC3OC(CO)C(O)C(O)C3O)C(O)C2O)C(O)C1O)C(O)/C=C/CC/C=C/CC/C=C/CCCCCCCCCCCCCCCCCCCCC. The Morgan fingerprint density at radius 1 is 0.385 bits per heavy atom. The molecule has 1 amide bonds. The van der Waals surface area contributed by atoms with Crippen molar-refractivity contribution in [2.45, 2.75) is 375 Å². The Morgan fingerprint density at radius 2 is 0.703 bits per heavy atom. The third-order valence-electron chi connectivity index (χ3n) is 18.1. The van der Waals surface area contributed by atoms with Gasteiger partial charge in [0.15, 0.2) is 18.9 Å². The summed E-state index contributed by atoms with van der Waals surface area (Å²) < 4.78 is 34.3. The fourth-order valence-electron chi connectivity index (χ4n) is 12.2. The quantitative estimate of drug-likeness (QED) is 0.0199. The van der Waals surface area contributed by atoms with E-state index in [1.54, 1.807) is 6.08 Å². The normalized spacial score (nSPS) is 28.1. The molecule has 3 heterocycles. The average molecular weight is 1300 g/mol. The Bertz CT molecular complexity index is 1840. The van der Waals surface area contributed by atoms with Gasteiger partial charge in [-0.1, -0.05) is 242 Å². The minimum atomic E-state index is -1.98. The minimum Gasteiger partial charge on any atom is -0.394 e. The molecule has 0 bridgehead atoms. The molecule has 532 valence electrons. The third kappa shape index (κ3) is 35.5. The molecule has 0 radical (unpaired) electrons. The molecule has 19 nitrogen and oxygen atoms in total. The topological polar surface area (TPSA) is 307 Å². The molecule has 0 aromatic heterocycles. The highest BCUT2D eigenvalue weighted by Crippen LogP contribution is 2.33. The number of carbonyl (C=O) groups is 1. The molecule has 12 N–H and O–H groups in total. The highest BCUT2D eigenvalue weighted by molar-refractivity contribution is 5.76. The molecule has 17 atom stereocenters. The highest BCUT2D eigenvalue weighted by atomic mass is 16.8. The van der Waals surface area contributed by atoms with Crippen LogP contribution in [0.5, 0.6) is 0 Å². The molecule has 17 unspecified atom stereocenters. The number of hydrogen-bond donors (Lipinski definition) is 12. The molecule has 0 aromatic carbocycles. The van der Waals surface area contributed by atoms with Gasteiger partial charge in [-0.25, -0.2) is 0 Å². The summed E-state index contributed by atoms with van der Waals surface area (Å²) in [5.41, 5.74) is 0. The molecule has 3 aliphatic rings. The lowest BCUT2D eigenvalue weighted by atomic mass is 9.96. The number of hydrogen-bond acceptors (Lipinski definition) is 18. The van der Waals surface area contributed by atoms with Crippen molar-refractivity contribution in [1.82, 2.24) is 5.32 Å². The summed E-state index contributed by atoms with van der Waals surface area (Å²) in [6.45, 7) is 1.72. The zero-order valence-electron chi connectivity index (χ0n) is 56.3. The van der Waals surface area contributed by atoms with Crippen LogP contribution < -0.4 is 5.32 Å². The van der Waals surface area contributed by atoms with Crippen molar-refractivity contribution in [1.29, 1.82) is 0 Å². The molecule has 3 saturated heterocycles. The first kappa shape index (κ1) is 83.0. The predicted molar refractivity (Wildman–Crippen MR) is 356 cm³/mol. The third-order valence-corrected chi connectivity index (χ3v) is 18.1. The lowest BCUT2D eigenvalue weighted by Crippen LogP contribution is -2.66. The summed E-state index contributed by atoms with van der Waals surface area (Å²) in [4.78, 5) is 13.4. The van der Waals surface area contributed by atoms with Crippen LogP contribution in [0.4, 0.5) is 0 Å². The van der Waals surface area contributed by atoms with Crippen molar-refractivity contribution in [2.75, 3.05) is 26.4 Å². The van der Waals surface area contributed by atoms with E-state index in [-0.39, 0.29) is 18.9 Å². The van der Waals surface area contributed by atoms with Crippen molar-refractivity contribution >= 4 is 5.91 Å². The summed E-state index contributed by atoms with van der Waals surface area (Å²) >= 11 is 0. The summed E-state index contributed by atoms with van der Waals surface area (Å²) in [6, 6.07) is -1.000. The zero-order valence-corrected chi connectivity index (χ0v) is 56.3. The van der Waals surface area contributed by atoms with Crippen LogP contribution in [0.25, 0.3) is 0 Å².